The fourth-order valence-corrected chi connectivity index (χ4v) is 6.73. The van der Waals surface area contributed by atoms with Crippen LogP contribution in [0.25, 0.3) is 0 Å². The molecule has 0 aromatic carbocycles. The molecule has 8 unspecified atom stereocenters. The lowest BCUT2D eigenvalue weighted by Gasteiger charge is -2.41. The Morgan fingerprint density at radius 2 is 1.19 bits per heavy atom. The Kier molecular flexibility index (Phi) is 24.3. The van der Waals surface area contributed by atoms with Crippen molar-refractivity contribution in [1.82, 2.24) is 5.32 Å². The molecule has 0 heterocycles. The zero-order chi connectivity index (χ0) is 36.0. The molecule has 8 atom stereocenters. The van der Waals surface area contributed by atoms with Crippen molar-refractivity contribution >= 4 is 13.7 Å². The number of carbonyl (C=O) groups is 1. The van der Waals surface area contributed by atoms with Gasteiger partial charge in [0.05, 0.1) is 31.3 Å². The first kappa shape index (κ1) is 45.1. The number of hydrogen-bond acceptors (Lipinski definition) is 11. The number of amides is 1. The Bertz CT molecular complexity index is 895. The summed E-state index contributed by atoms with van der Waals surface area (Å²) in [5.74, 6) is -0.600. The average molecular weight is 712 g/mol. The molecule has 1 rings (SSSR count). The van der Waals surface area contributed by atoms with Gasteiger partial charge in [0.15, 0.2) is 0 Å². The SMILES string of the molecule is CCCCCCCCCCC/C=C/C(O)C(COP(=O)(O)OC1C(O)C(O)C(O)C(O)C1O)NC(=O)CC(O)CCCCCCCCC. The fraction of sp³-hybridized carbons (Fsp3) is 0.912. The molecule has 0 spiro atoms. The van der Waals surface area contributed by atoms with E-state index in [1.165, 1.54) is 63.9 Å². The number of rotatable bonds is 28. The fourth-order valence-electron chi connectivity index (χ4n) is 5.77. The molecule has 0 aliphatic heterocycles. The van der Waals surface area contributed by atoms with Crippen LogP contribution in [0.3, 0.4) is 0 Å². The minimum Gasteiger partial charge on any atom is -0.393 e. The minimum absolute atomic E-state index is 0.243. The van der Waals surface area contributed by atoms with Gasteiger partial charge in [-0.25, -0.2) is 4.57 Å². The van der Waals surface area contributed by atoms with Gasteiger partial charge in [-0.3, -0.25) is 13.8 Å². The van der Waals surface area contributed by atoms with E-state index in [4.69, 9.17) is 9.05 Å². The molecule has 0 bridgehead atoms. The van der Waals surface area contributed by atoms with Gasteiger partial charge >= 0.3 is 7.82 Å². The van der Waals surface area contributed by atoms with Crippen molar-refractivity contribution in [3.8, 4) is 0 Å². The van der Waals surface area contributed by atoms with Gasteiger partial charge in [0.2, 0.25) is 5.91 Å². The molecule has 1 fully saturated rings. The molecule has 0 aromatic heterocycles. The maximum absolute atomic E-state index is 12.8. The Morgan fingerprint density at radius 3 is 1.71 bits per heavy atom. The number of carbonyl (C=O) groups excluding carboxylic acids is 1. The predicted octanol–water partition coefficient (Wildman–Crippen LogP) is 3.52. The van der Waals surface area contributed by atoms with Crippen LogP contribution in [0.1, 0.15) is 136 Å². The number of phosphoric acid groups is 1. The van der Waals surface area contributed by atoms with Gasteiger partial charge in [-0.05, 0) is 19.3 Å². The van der Waals surface area contributed by atoms with Crippen molar-refractivity contribution in [1.29, 1.82) is 0 Å². The van der Waals surface area contributed by atoms with Crippen LogP contribution in [0.15, 0.2) is 12.2 Å². The summed E-state index contributed by atoms with van der Waals surface area (Å²) in [7, 11) is -5.12. The molecule has 1 amide bonds. The highest BCUT2D eigenvalue weighted by molar-refractivity contribution is 7.47. The molecule has 13 nitrogen and oxygen atoms in total. The van der Waals surface area contributed by atoms with Crippen LogP contribution in [0.5, 0.6) is 0 Å². The molecule has 284 valence electrons. The average Bonchev–Trinajstić information content (AvgIpc) is 3.05. The Labute approximate surface area is 287 Å². The Hall–Kier alpha value is -0.960. The van der Waals surface area contributed by atoms with Crippen LogP contribution < -0.4 is 5.32 Å². The van der Waals surface area contributed by atoms with E-state index in [1.54, 1.807) is 6.08 Å². The molecule has 0 aromatic rings. The molecule has 0 radical (unpaired) electrons. The summed E-state index contributed by atoms with van der Waals surface area (Å²) in [5, 5.41) is 73.7. The number of phosphoric ester groups is 1. The largest absolute Gasteiger partial charge is 0.472 e. The molecule has 1 saturated carbocycles. The topological polar surface area (TPSA) is 226 Å². The quantitative estimate of drug-likeness (QED) is 0.0323. The standard InChI is InChI=1S/C34H66NO12P/c1-3-5-7-9-11-12-13-14-16-18-20-22-27(37)26(35-28(38)23-25(36)21-19-17-15-10-8-6-4-2)24-46-48(44,45)47-34-32(42)30(40)29(39)31(41)33(34)43/h20,22,25-27,29-34,36-37,39-43H,3-19,21,23-24H2,1-2H3,(H,35,38)(H,44,45)/b22-20+. The zero-order valence-electron chi connectivity index (χ0n) is 29.2. The van der Waals surface area contributed by atoms with Gasteiger partial charge in [0.25, 0.3) is 0 Å². The maximum Gasteiger partial charge on any atom is 0.472 e. The number of unbranched alkanes of at least 4 members (excludes halogenated alkanes) is 15. The highest BCUT2D eigenvalue weighted by atomic mass is 31.2. The van der Waals surface area contributed by atoms with E-state index < -0.39 is 75.2 Å². The number of nitrogens with one attached hydrogen (secondary N) is 1. The third-order valence-electron chi connectivity index (χ3n) is 8.87. The maximum atomic E-state index is 12.8. The second kappa shape index (κ2) is 25.9. The van der Waals surface area contributed by atoms with Crippen LogP contribution in [-0.2, 0) is 18.4 Å². The first-order chi connectivity index (χ1) is 22.8. The van der Waals surface area contributed by atoms with Crippen LogP contribution in [-0.4, -0.2) is 108 Å². The van der Waals surface area contributed by atoms with Crippen molar-refractivity contribution in [2.24, 2.45) is 0 Å². The normalized spacial score (nSPS) is 26.3. The van der Waals surface area contributed by atoms with Gasteiger partial charge in [-0.2, -0.15) is 0 Å². The second-order valence-electron chi connectivity index (χ2n) is 13.3. The molecular formula is C34H66NO12P. The summed E-state index contributed by atoms with van der Waals surface area (Å²) < 4.78 is 22.6. The van der Waals surface area contributed by atoms with E-state index in [0.717, 1.165) is 44.9 Å². The van der Waals surface area contributed by atoms with Crippen molar-refractivity contribution in [3.05, 3.63) is 12.2 Å². The zero-order valence-corrected chi connectivity index (χ0v) is 30.0. The highest BCUT2D eigenvalue weighted by Crippen LogP contribution is 2.47. The van der Waals surface area contributed by atoms with Crippen LogP contribution in [0.2, 0.25) is 0 Å². The van der Waals surface area contributed by atoms with Crippen molar-refractivity contribution in [2.45, 2.75) is 191 Å². The summed E-state index contributed by atoms with van der Waals surface area (Å²) in [5.41, 5.74) is 0. The van der Waals surface area contributed by atoms with E-state index in [0.29, 0.717) is 12.8 Å². The first-order valence-corrected chi connectivity index (χ1v) is 19.7. The predicted molar refractivity (Wildman–Crippen MR) is 183 cm³/mol. The third kappa shape index (κ3) is 18.9. The number of hydrogen-bond donors (Lipinski definition) is 9. The Balaban J connectivity index is 2.72. The van der Waals surface area contributed by atoms with Gasteiger partial charge in [0, 0.05) is 0 Å². The van der Waals surface area contributed by atoms with Crippen LogP contribution >= 0.6 is 7.82 Å². The third-order valence-corrected chi connectivity index (χ3v) is 9.86. The van der Waals surface area contributed by atoms with E-state index in [2.05, 4.69) is 19.2 Å². The number of allylic oxidation sites excluding steroid dienone is 1. The molecule has 1 aliphatic rings. The summed E-state index contributed by atoms with van der Waals surface area (Å²) in [6.07, 6.45) is 7.86. The van der Waals surface area contributed by atoms with Crippen molar-refractivity contribution in [2.75, 3.05) is 6.61 Å². The minimum atomic E-state index is -5.12. The molecule has 1 aliphatic carbocycles. The van der Waals surface area contributed by atoms with Gasteiger partial charge in [-0.1, -0.05) is 122 Å². The van der Waals surface area contributed by atoms with Crippen molar-refractivity contribution < 1.29 is 59.0 Å². The first-order valence-electron chi connectivity index (χ1n) is 18.2. The number of aliphatic hydroxyl groups excluding tert-OH is 7. The Morgan fingerprint density at radius 1 is 0.729 bits per heavy atom. The lowest BCUT2D eigenvalue weighted by Crippen LogP contribution is -2.64. The molecule has 9 N–H and O–H groups in total. The monoisotopic (exact) mass is 711 g/mol. The summed E-state index contributed by atoms with van der Waals surface area (Å²) in [6.45, 7) is 3.62. The molecule has 0 saturated heterocycles. The van der Waals surface area contributed by atoms with E-state index in [9.17, 15) is 50.0 Å². The second-order valence-corrected chi connectivity index (χ2v) is 14.7. The van der Waals surface area contributed by atoms with Crippen LogP contribution in [0.4, 0.5) is 0 Å². The van der Waals surface area contributed by atoms with Crippen LogP contribution in [0, 0.1) is 0 Å². The molecule has 14 heteroatoms. The van der Waals surface area contributed by atoms with Gasteiger partial charge < -0.3 is 46.0 Å². The number of aliphatic hydroxyl groups is 7. The van der Waals surface area contributed by atoms with E-state index >= 15 is 0 Å². The van der Waals surface area contributed by atoms with Gasteiger partial charge in [0.1, 0.15) is 36.6 Å². The highest BCUT2D eigenvalue weighted by Gasteiger charge is 2.51. The molecule has 48 heavy (non-hydrogen) atoms. The van der Waals surface area contributed by atoms with Gasteiger partial charge in [-0.15, -0.1) is 0 Å². The van der Waals surface area contributed by atoms with E-state index in [-0.39, 0.29) is 6.42 Å². The summed E-state index contributed by atoms with van der Waals surface area (Å²) in [4.78, 5) is 23.1. The van der Waals surface area contributed by atoms with Crippen molar-refractivity contribution in [3.63, 3.8) is 0 Å². The van der Waals surface area contributed by atoms with E-state index in [1.807, 2.05) is 0 Å². The smallest absolute Gasteiger partial charge is 0.393 e. The lowest BCUT2D eigenvalue weighted by molar-refractivity contribution is -0.220. The molecular weight excluding hydrogens is 645 g/mol. The lowest BCUT2D eigenvalue weighted by atomic mass is 9.85. The summed E-state index contributed by atoms with van der Waals surface area (Å²) >= 11 is 0. The summed E-state index contributed by atoms with van der Waals surface area (Å²) in [6, 6.07) is -1.23.